The van der Waals surface area contributed by atoms with Gasteiger partial charge in [-0.1, -0.05) is 24.3 Å². The number of piperidine rings is 1. The summed E-state index contributed by atoms with van der Waals surface area (Å²) in [5, 5.41) is -0.0391. The van der Waals surface area contributed by atoms with Gasteiger partial charge in [-0.3, -0.25) is 14.4 Å². The third-order valence-electron chi connectivity index (χ3n) is 7.84. The SMILES string of the molecule is COC1=CC2C3C(Sc4ccccc4C)c4ccc(OC(C)=O)c(OC(C)=O)c4C2(CCN3C)CC1=O. The molecule has 0 spiro atoms. The number of ether oxygens (including phenoxy) is 3. The molecule has 7 nitrogen and oxygen atoms in total. The van der Waals surface area contributed by atoms with Gasteiger partial charge in [0.25, 0.3) is 0 Å². The molecular formula is C29H31NO6S. The molecule has 1 fully saturated rings. The zero-order valence-corrected chi connectivity index (χ0v) is 22.5. The Morgan fingerprint density at radius 2 is 1.81 bits per heavy atom. The molecule has 3 aliphatic rings. The normalized spacial score (nSPS) is 26.5. The second kappa shape index (κ2) is 9.65. The van der Waals surface area contributed by atoms with Crippen molar-refractivity contribution in [1.29, 1.82) is 0 Å². The highest BCUT2D eigenvalue weighted by Crippen LogP contribution is 2.63. The van der Waals surface area contributed by atoms with Crippen LogP contribution in [-0.2, 0) is 24.5 Å². The first-order chi connectivity index (χ1) is 17.7. The van der Waals surface area contributed by atoms with Crippen molar-refractivity contribution in [2.24, 2.45) is 5.92 Å². The Labute approximate surface area is 221 Å². The van der Waals surface area contributed by atoms with Gasteiger partial charge in [0, 0.05) is 48.1 Å². The molecule has 0 radical (unpaired) electrons. The van der Waals surface area contributed by atoms with Gasteiger partial charge in [0.1, 0.15) is 0 Å². The number of fused-ring (bicyclic) bond motifs is 1. The molecule has 2 aliphatic carbocycles. The maximum absolute atomic E-state index is 13.3. The van der Waals surface area contributed by atoms with Gasteiger partial charge in [0.2, 0.25) is 0 Å². The van der Waals surface area contributed by atoms with Gasteiger partial charge in [0.15, 0.2) is 23.0 Å². The highest BCUT2D eigenvalue weighted by atomic mass is 32.2. The van der Waals surface area contributed by atoms with Gasteiger partial charge < -0.3 is 19.1 Å². The largest absolute Gasteiger partial charge is 0.493 e. The number of thioether (sulfide) groups is 1. The van der Waals surface area contributed by atoms with Gasteiger partial charge >= 0.3 is 11.9 Å². The number of carbonyl (C=O) groups excluding carboxylic acids is 3. The Morgan fingerprint density at radius 1 is 1.08 bits per heavy atom. The summed E-state index contributed by atoms with van der Waals surface area (Å²) in [4.78, 5) is 41.1. The number of methoxy groups -OCH3 is 1. The lowest BCUT2D eigenvalue weighted by Gasteiger charge is -2.59. The van der Waals surface area contributed by atoms with Crippen molar-refractivity contribution in [3.8, 4) is 11.5 Å². The van der Waals surface area contributed by atoms with Crippen LogP contribution in [-0.4, -0.2) is 49.4 Å². The molecule has 1 saturated heterocycles. The molecule has 0 saturated carbocycles. The lowest BCUT2D eigenvalue weighted by atomic mass is 9.53. The predicted octanol–water partition coefficient (Wildman–Crippen LogP) is 4.75. The Hall–Kier alpha value is -3.10. The van der Waals surface area contributed by atoms with Crippen LogP contribution in [0, 0.1) is 12.8 Å². The molecule has 4 atom stereocenters. The topological polar surface area (TPSA) is 82.1 Å². The lowest BCUT2D eigenvalue weighted by Crippen LogP contribution is -2.61. The number of ketones is 1. The number of hydrogen-bond acceptors (Lipinski definition) is 8. The van der Waals surface area contributed by atoms with E-state index in [1.54, 1.807) is 17.8 Å². The maximum atomic E-state index is 13.3. The van der Waals surface area contributed by atoms with Crippen molar-refractivity contribution < 1.29 is 28.6 Å². The standard InChI is InChI=1S/C29H31NO6S/c1-16-8-6-7-9-24(16)37-28-19-10-11-22(35-17(2)31)27(36-18(3)32)25(19)29-12-13-30(4)26(28)20(29)14-23(34-5)21(33)15-29/h6-11,14,20,26,28H,12-13,15H2,1-5H3. The Bertz CT molecular complexity index is 1320. The number of Topliss-reactive ketones (excluding diaryl/α,β-unsaturated/α-hetero) is 1. The molecule has 194 valence electrons. The van der Waals surface area contributed by atoms with Gasteiger partial charge in [-0.05, 0) is 56.3 Å². The van der Waals surface area contributed by atoms with E-state index in [2.05, 4.69) is 31.0 Å². The number of carbonyl (C=O) groups is 3. The molecule has 2 bridgehead atoms. The van der Waals surface area contributed by atoms with E-state index in [1.807, 2.05) is 24.3 Å². The first-order valence-corrected chi connectivity index (χ1v) is 13.3. The number of nitrogens with zero attached hydrogens (tertiary/aromatic N) is 1. The molecule has 2 aromatic carbocycles. The third kappa shape index (κ3) is 4.26. The lowest BCUT2D eigenvalue weighted by molar-refractivity contribution is -0.134. The van der Waals surface area contributed by atoms with Crippen LogP contribution in [0.5, 0.6) is 11.5 Å². The van der Waals surface area contributed by atoms with Crippen LogP contribution in [0.1, 0.15) is 48.6 Å². The fourth-order valence-corrected chi connectivity index (χ4v) is 7.84. The van der Waals surface area contributed by atoms with Crippen LogP contribution in [0.2, 0.25) is 0 Å². The van der Waals surface area contributed by atoms with E-state index in [-0.39, 0.29) is 40.9 Å². The minimum absolute atomic E-state index is 0.0391. The molecule has 37 heavy (non-hydrogen) atoms. The zero-order chi connectivity index (χ0) is 26.5. The summed E-state index contributed by atoms with van der Waals surface area (Å²) < 4.78 is 16.9. The third-order valence-corrected chi connectivity index (χ3v) is 9.34. The molecule has 1 heterocycles. The molecule has 8 heteroatoms. The summed E-state index contributed by atoms with van der Waals surface area (Å²) in [5.41, 5.74) is 2.35. The number of allylic oxidation sites excluding steroid dienone is 1. The number of aryl methyl sites for hydroxylation is 1. The van der Waals surface area contributed by atoms with Crippen molar-refractivity contribution in [2.45, 2.75) is 55.2 Å². The Morgan fingerprint density at radius 3 is 2.49 bits per heavy atom. The van der Waals surface area contributed by atoms with E-state index in [0.717, 1.165) is 22.6 Å². The van der Waals surface area contributed by atoms with Crippen LogP contribution in [0.25, 0.3) is 0 Å². The molecule has 2 aromatic rings. The minimum Gasteiger partial charge on any atom is -0.493 e. The predicted molar refractivity (Wildman–Crippen MR) is 140 cm³/mol. The maximum Gasteiger partial charge on any atom is 0.308 e. The average Bonchev–Trinajstić information content (AvgIpc) is 2.84. The Kier molecular flexibility index (Phi) is 6.66. The van der Waals surface area contributed by atoms with E-state index in [0.29, 0.717) is 12.2 Å². The van der Waals surface area contributed by atoms with Gasteiger partial charge in [0.05, 0.1) is 12.4 Å². The van der Waals surface area contributed by atoms with E-state index in [1.165, 1.54) is 26.5 Å². The minimum atomic E-state index is -0.616. The Balaban J connectivity index is 1.81. The summed E-state index contributed by atoms with van der Waals surface area (Å²) in [7, 11) is 3.66. The van der Waals surface area contributed by atoms with Crippen LogP contribution in [0.3, 0.4) is 0 Å². The van der Waals surface area contributed by atoms with E-state index < -0.39 is 17.4 Å². The first kappa shape index (κ1) is 25.5. The molecular weight excluding hydrogens is 490 g/mol. The van der Waals surface area contributed by atoms with E-state index in [9.17, 15) is 14.4 Å². The second-order valence-electron chi connectivity index (χ2n) is 10.1. The van der Waals surface area contributed by atoms with Crippen LogP contribution in [0.15, 0.2) is 53.1 Å². The second-order valence-corrected chi connectivity index (χ2v) is 11.3. The van der Waals surface area contributed by atoms with Crippen LogP contribution >= 0.6 is 11.8 Å². The van der Waals surface area contributed by atoms with Gasteiger partial charge in [-0.15, -0.1) is 11.8 Å². The van der Waals surface area contributed by atoms with Crippen LogP contribution < -0.4 is 9.47 Å². The fraction of sp³-hybridized carbons (Fsp3) is 0.414. The summed E-state index contributed by atoms with van der Waals surface area (Å²) in [6, 6.07) is 12.0. The molecule has 0 aromatic heterocycles. The van der Waals surface area contributed by atoms with Crippen molar-refractivity contribution in [1.82, 2.24) is 4.90 Å². The van der Waals surface area contributed by atoms with Crippen molar-refractivity contribution in [2.75, 3.05) is 20.7 Å². The summed E-state index contributed by atoms with van der Waals surface area (Å²) >= 11 is 1.77. The number of benzene rings is 2. The van der Waals surface area contributed by atoms with Crippen molar-refractivity contribution >= 4 is 29.5 Å². The highest BCUT2D eigenvalue weighted by Gasteiger charge is 2.60. The van der Waals surface area contributed by atoms with Crippen molar-refractivity contribution in [3.63, 3.8) is 0 Å². The number of hydrogen-bond donors (Lipinski definition) is 0. The zero-order valence-electron chi connectivity index (χ0n) is 21.7. The molecule has 0 amide bonds. The molecule has 4 unspecified atom stereocenters. The van der Waals surface area contributed by atoms with E-state index in [4.69, 9.17) is 14.2 Å². The van der Waals surface area contributed by atoms with Gasteiger partial charge in [-0.2, -0.15) is 0 Å². The molecule has 5 rings (SSSR count). The van der Waals surface area contributed by atoms with Gasteiger partial charge in [-0.25, -0.2) is 0 Å². The number of likely N-dealkylation sites (tertiary alicyclic amines) is 1. The monoisotopic (exact) mass is 521 g/mol. The summed E-state index contributed by atoms with van der Waals surface area (Å²) in [5.74, 6) is -0.366. The smallest absolute Gasteiger partial charge is 0.308 e. The molecule has 1 aliphatic heterocycles. The van der Waals surface area contributed by atoms with E-state index >= 15 is 0 Å². The number of rotatable bonds is 5. The summed E-state index contributed by atoms with van der Waals surface area (Å²) in [6.07, 6.45) is 2.89. The van der Waals surface area contributed by atoms with Crippen molar-refractivity contribution in [3.05, 3.63) is 64.9 Å². The molecule has 0 N–H and O–H groups in total. The number of likely N-dealkylation sites (N-methyl/N-ethyl adjacent to an activating group) is 1. The highest BCUT2D eigenvalue weighted by molar-refractivity contribution is 7.99. The number of esters is 2. The van der Waals surface area contributed by atoms with Crippen LogP contribution in [0.4, 0.5) is 0 Å². The fourth-order valence-electron chi connectivity index (χ4n) is 6.32. The summed E-state index contributed by atoms with van der Waals surface area (Å²) in [6.45, 7) is 5.52. The first-order valence-electron chi connectivity index (χ1n) is 12.4. The quantitative estimate of drug-likeness (QED) is 0.412. The average molecular weight is 522 g/mol.